The average molecular weight is 274 g/mol. The van der Waals surface area contributed by atoms with Crippen LogP contribution in [0.4, 0.5) is 0 Å². The van der Waals surface area contributed by atoms with Gasteiger partial charge in [-0.05, 0) is 33.1 Å². The zero-order chi connectivity index (χ0) is 14.7. The molecule has 0 bridgehead atoms. The van der Waals surface area contributed by atoms with Crippen molar-refractivity contribution in [1.82, 2.24) is 0 Å². The molecule has 0 radical (unpaired) electrons. The molecular formula is C14H26O5. The fraction of sp³-hybridized carbons (Fsp3) is 0.786. The van der Waals surface area contributed by atoms with Crippen molar-refractivity contribution >= 4 is 5.97 Å². The Morgan fingerprint density at radius 2 is 1.95 bits per heavy atom. The highest BCUT2D eigenvalue weighted by atomic mass is 16.6. The lowest BCUT2D eigenvalue weighted by molar-refractivity contribution is -0.181. The number of rotatable bonds is 10. The topological polar surface area (TPSA) is 76.0 Å². The van der Waals surface area contributed by atoms with Crippen LogP contribution in [-0.2, 0) is 14.3 Å². The van der Waals surface area contributed by atoms with Gasteiger partial charge in [-0.1, -0.05) is 19.1 Å². The van der Waals surface area contributed by atoms with E-state index in [1.165, 1.54) is 6.92 Å². The molecular weight excluding hydrogens is 248 g/mol. The van der Waals surface area contributed by atoms with Crippen molar-refractivity contribution in [2.75, 3.05) is 6.61 Å². The van der Waals surface area contributed by atoms with Crippen LogP contribution in [0.2, 0.25) is 0 Å². The van der Waals surface area contributed by atoms with Gasteiger partial charge in [0.05, 0.1) is 12.7 Å². The summed E-state index contributed by atoms with van der Waals surface area (Å²) in [5.74, 6) is -0.614. The van der Waals surface area contributed by atoms with Crippen LogP contribution in [0.25, 0.3) is 0 Å². The molecule has 0 fully saturated rings. The number of aliphatic hydroxyl groups is 2. The quantitative estimate of drug-likeness (QED) is 0.275. The van der Waals surface area contributed by atoms with E-state index < -0.39 is 24.5 Å². The molecule has 0 spiro atoms. The minimum absolute atomic E-state index is 0.0637. The summed E-state index contributed by atoms with van der Waals surface area (Å²) < 4.78 is 9.91. The molecule has 3 atom stereocenters. The summed E-state index contributed by atoms with van der Waals surface area (Å²) >= 11 is 0. The monoisotopic (exact) mass is 274 g/mol. The molecule has 0 rings (SSSR count). The molecule has 0 aromatic heterocycles. The van der Waals surface area contributed by atoms with Crippen LogP contribution < -0.4 is 0 Å². The molecule has 0 saturated heterocycles. The summed E-state index contributed by atoms with van der Waals surface area (Å²) in [4.78, 5) is 11.5. The number of carbonyl (C=O) groups excluding carboxylic acids is 1. The maximum atomic E-state index is 11.5. The molecule has 5 heteroatoms. The lowest BCUT2D eigenvalue weighted by atomic mass is 10.2. The molecule has 0 amide bonds. The normalized spacial score (nSPS) is 16.3. The van der Waals surface area contributed by atoms with E-state index in [4.69, 9.17) is 14.6 Å². The van der Waals surface area contributed by atoms with Crippen LogP contribution in [0, 0.1) is 0 Å². The maximum Gasteiger partial charge on any atom is 0.337 e. The number of aliphatic hydroxyl groups excluding tert-OH is 2. The second kappa shape index (κ2) is 11.0. The highest BCUT2D eigenvalue weighted by molar-refractivity contribution is 5.74. The minimum atomic E-state index is -1.10. The van der Waals surface area contributed by atoms with Crippen LogP contribution in [-0.4, -0.2) is 41.3 Å². The van der Waals surface area contributed by atoms with Gasteiger partial charge >= 0.3 is 5.97 Å². The van der Waals surface area contributed by atoms with Gasteiger partial charge in [0.15, 0.2) is 6.10 Å². The lowest BCUT2D eigenvalue weighted by Crippen LogP contribution is -2.30. The third-order valence-corrected chi connectivity index (χ3v) is 2.40. The predicted octanol–water partition coefficient (Wildman–Crippen LogP) is 1.77. The molecule has 0 heterocycles. The van der Waals surface area contributed by atoms with E-state index in [0.717, 1.165) is 19.3 Å². The summed E-state index contributed by atoms with van der Waals surface area (Å²) in [5, 5.41) is 18.5. The van der Waals surface area contributed by atoms with Crippen molar-refractivity contribution in [3.8, 4) is 0 Å². The molecule has 0 aromatic rings. The number of hydrogen-bond donors (Lipinski definition) is 2. The first-order chi connectivity index (χ1) is 8.97. The molecule has 0 aliphatic heterocycles. The van der Waals surface area contributed by atoms with Gasteiger partial charge in [-0.25, -0.2) is 4.79 Å². The Kier molecular flexibility index (Phi) is 10.4. The number of esters is 1. The van der Waals surface area contributed by atoms with Crippen molar-refractivity contribution in [3.05, 3.63) is 12.2 Å². The smallest absolute Gasteiger partial charge is 0.337 e. The summed E-state index contributed by atoms with van der Waals surface area (Å²) in [5.41, 5.74) is 0. The fourth-order valence-corrected chi connectivity index (χ4v) is 1.34. The van der Waals surface area contributed by atoms with E-state index in [-0.39, 0.29) is 6.61 Å². The molecule has 0 aromatic carbocycles. The highest BCUT2D eigenvalue weighted by Crippen LogP contribution is 2.06. The first kappa shape index (κ1) is 18.1. The first-order valence-corrected chi connectivity index (χ1v) is 6.80. The van der Waals surface area contributed by atoms with Gasteiger partial charge in [0.25, 0.3) is 0 Å². The third kappa shape index (κ3) is 10.7. The molecule has 2 N–H and O–H groups in total. The summed E-state index contributed by atoms with van der Waals surface area (Å²) in [6.45, 7) is 5.22. The fourth-order valence-electron chi connectivity index (χ4n) is 1.34. The first-order valence-electron chi connectivity index (χ1n) is 6.80. The maximum absolute atomic E-state index is 11.5. The van der Waals surface area contributed by atoms with Crippen molar-refractivity contribution < 1.29 is 24.5 Å². The molecule has 3 unspecified atom stereocenters. The average Bonchev–Trinajstić information content (AvgIpc) is 2.35. The second-order valence-corrected chi connectivity index (χ2v) is 4.53. The molecule has 112 valence electrons. The van der Waals surface area contributed by atoms with Crippen LogP contribution in [0.5, 0.6) is 0 Å². The predicted molar refractivity (Wildman–Crippen MR) is 72.5 cm³/mol. The molecule has 0 aliphatic rings. The van der Waals surface area contributed by atoms with E-state index in [9.17, 15) is 9.90 Å². The van der Waals surface area contributed by atoms with Gasteiger partial charge in [0.2, 0.25) is 6.29 Å². The number of allylic oxidation sites excluding steroid dienone is 2. The Bertz CT molecular complexity index is 263. The highest BCUT2D eigenvalue weighted by Gasteiger charge is 2.19. The Morgan fingerprint density at radius 3 is 2.53 bits per heavy atom. The van der Waals surface area contributed by atoms with Gasteiger partial charge in [-0.15, -0.1) is 0 Å². The Hall–Kier alpha value is -0.910. The third-order valence-electron chi connectivity index (χ3n) is 2.40. The molecule has 19 heavy (non-hydrogen) atoms. The molecule has 0 saturated carbocycles. The summed E-state index contributed by atoms with van der Waals surface area (Å²) in [6.07, 6.45) is 4.60. The van der Waals surface area contributed by atoms with E-state index in [1.807, 2.05) is 6.08 Å². The van der Waals surface area contributed by atoms with Crippen molar-refractivity contribution in [2.45, 2.75) is 65.0 Å². The van der Waals surface area contributed by atoms with Crippen LogP contribution in [0.1, 0.15) is 46.5 Å². The van der Waals surface area contributed by atoms with E-state index in [2.05, 4.69) is 13.0 Å². The van der Waals surface area contributed by atoms with E-state index >= 15 is 0 Å². The van der Waals surface area contributed by atoms with E-state index in [1.54, 1.807) is 6.92 Å². The van der Waals surface area contributed by atoms with Gasteiger partial charge < -0.3 is 19.7 Å². The van der Waals surface area contributed by atoms with Crippen molar-refractivity contribution in [2.24, 2.45) is 0 Å². The second-order valence-electron chi connectivity index (χ2n) is 4.53. The van der Waals surface area contributed by atoms with Gasteiger partial charge in [-0.3, -0.25) is 0 Å². The zero-order valence-corrected chi connectivity index (χ0v) is 12.0. The Labute approximate surface area is 115 Å². The van der Waals surface area contributed by atoms with E-state index in [0.29, 0.717) is 6.42 Å². The Balaban J connectivity index is 3.75. The SMILES string of the molecule is CC/C=C\CCCC(O)OC(=O)C(C)OCC(C)O. The lowest BCUT2D eigenvalue weighted by Gasteiger charge is -2.16. The minimum Gasteiger partial charge on any atom is -0.434 e. The van der Waals surface area contributed by atoms with Crippen LogP contribution >= 0.6 is 0 Å². The van der Waals surface area contributed by atoms with Crippen molar-refractivity contribution in [3.63, 3.8) is 0 Å². The summed E-state index contributed by atoms with van der Waals surface area (Å²) in [6, 6.07) is 0. The van der Waals surface area contributed by atoms with Gasteiger partial charge in [0.1, 0.15) is 0 Å². The Morgan fingerprint density at radius 1 is 1.26 bits per heavy atom. The van der Waals surface area contributed by atoms with Crippen molar-refractivity contribution in [1.29, 1.82) is 0 Å². The molecule has 0 aliphatic carbocycles. The molecule has 5 nitrogen and oxygen atoms in total. The van der Waals surface area contributed by atoms with Gasteiger partial charge in [-0.2, -0.15) is 0 Å². The largest absolute Gasteiger partial charge is 0.434 e. The van der Waals surface area contributed by atoms with Gasteiger partial charge in [0, 0.05) is 6.42 Å². The number of unbranched alkanes of at least 4 members (excludes halogenated alkanes) is 1. The number of carbonyl (C=O) groups is 1. The summed E-state index contributed by atoms with van der Waals surface area (Å²) in [7, 11) is 0. The number of hydrogen-bond acceptors (Lipinski definition) is 5. The van der Waals surface area contributed by atoms with Crippen LogP contribution in [0.3, 0.4) is 0 Å². The number of ether oxygens (including phenoxy) is 2. The standard InChI is InChI=1S/C14H26O5/c1-4-5-6-7-8-9-13(16)19-14(17)12(3)18-10-11(2)15/h5-6,11-13,15-16H,4,7-10H2,1-3H3/b6-5-. The zero-order valence-electron chi connectivity index (χ0n) is 12.0. The van der Waals surface area contributed by atoms with Crippen LogP contribution in [0.15, 0.2) is 12.2 Å².